The van der Waals surface area contributed by atoms with Crippen molar-refractivity contribution < 1.29 is 32.6 Å². The molecule has 1 saturated heterocycles. The molecule has 0 spiro atoms. The largest absolute Gasteiger partial charge is 0.502 e. The van der Waals surface area contributed by atoms with E-state index in [2.05, 4.69) is 0 Å². The first-order valence-electron chi connectivity index (χ1n) is 7.19. The highest BCUT2D eigenvalue weighted by molar-refractivity contribution is 5.97. The van der Waals surface area contributed by atoms with E-state index in [4.69, 9.17) is 9.15 Å². The number of hydrogen-bond donors (Lipinski definition) is 1. The Morgan fingerprint density at radius 1 is 1.38 bits per heavy atom. The molecule has 126 valence electrons. The summed E-state index contributed by atoms with van der Waals surface area (Å²) in [6.45, 7) is 1.40. The smallest absolute Gasteiger partial charge is 0.308 e. The van der Waals surface area contributed by atoms with E-state index in [1.165, 1.54) is 17.0 Å². The molecule has 2 aromatic rings. The third-order valence-electron chi connectivity index (χ3n) is 3.58. The van der Waals surface area contributed by atoms with Crippen molar-refractivity contribution in [1.29, 1.82) is 0 Å². The Morgan fingerprint density at radius 3 is 2.75 bits per heavy atom. The molecule has 1 amide bonds. The zero-order valence-corrected chi connectivity index (χ0v) is 12.6. The topological polar surface area (TPSA) is 80.0 Å². The molecule has 6 nitrogen and oxygen atoms in total. The van der Waals surface area contributed by atoms with E-state index >= 15 is 0 Å². The van der Waals surface area contributed by atoms with Gasteiger partial charge in [0.1, 0.15) is 0 Å². The third-order valence-corrected chi connectivity index (χ3v) is 3.58. The zero-order chi connectivity index (χ0) is 17.4. The van der Waals surface area contributed by atoms with Crippen LogP contribution >= 0.6 is 0 Å². The number of amides is 1. The maximum absolute atomic E-state index is 14.0. The molecular formula is C16H13F2NO5. The molecule has 0 aliphatic carbocycles. The van der Waals surface area contributed by atoms with Crippen molar-refractivity contribution in [2.45, 2.75) is 19.8 Å². The second-order valence-electron chi connectivity index (χ2n) is 5.26. The van der Waals surface area contributed by atoms with Crippen molar-refractivity contribution >= 4 is 17.8 Å². The van der Waals surface area contributed by atoms with Gasteiger partial charge in [0, 0.05) is 19.9 Å². The van der Waals surface area contributed by atoms with Crippen LogP contribution in [0.1, 0.15) is 19.8 Å². The number of aromatic hydroxyl groups is 1. The van der Waals surface area contributed by atoms with Gasteiger partial charge in [0.2, 0.25) is 17.4 Å². The highest BCUT2D eigenvalue weighted by Crippen LogP contribution is 2.49. The van der Waals surface area contributed by atoms with Crippen LogP contribution in [0.25, 0.3) is 11.3 Å². The molecular weight excluding hydrogens is 324 g/mol. The molecule has 1 fully saturated rings. The van der Waals surface area contributed by atoms with Gasteiger partial charge in [-0.3, -0.25) is 14.5 Å². The second kappa shape index (κ2) is 5.95. The number of hydrogen-bond acceptors (Lipinski definition) is 5. The van der Waals surface area contributed by atoms with Crippen LogP contribution in [0.5, 0.6) is 11.5 Å². The molecule has 1 aliphatic rings. The molecule has 0 bridgehead atoms. The van der Waals surface area contributed by atoms with Gasteiger partial charge in [-0.15, -0.1) is 0 Å². The Bertz CT molecular complexity index is 830. The summed E-state index contributed by atoms with van der Waals surface area (Å²) in [5.74, 6) is -5.09. The van der Waals surface area contributed by atoms with Crippen LogP contribution in [-0.4, -0.2) is 23.5 Å². The monoisotopic (exact) mass is 337 g/mol. The van der Waals surface area contributed by atoms with Crippen LogP contribution in [0.4, 0.5) is 14.7 Å². The first-order chi connectivity index (χ1) is 11.4. The number of benzene rings is 1. The van der Waals surface area contributed by atoms with Gasteiger partial charge in [0.25, 0.3) is 5.88 Å². The Morgan fingerprint density at radius 2 is 2.12 bits per heavy atom. The Kier molecular flexibility index (Phi) is 3.96. The van der Waals surface area contributed by atoms with Gasteiger partial charge in [0.05, 0.1) is 5.56 Å². The minimum atomic E-state index is -1.23. The molecule has 3 rings (SSSR count). The van der Waals surface area contributed by atoms with Gasteiger partial charge in [-0.2, -0.15) is 0 Å². The van der Waals surface area contributed by atoms with Crippen LogP contribution in [0.15, 0.2) is 22.6 Å². The SMILES string of the molecule is CC(=O)Oc1c(N2CCCC2=O)oc(-c2cccc(F)c2F)c1O. The first kappa shape index (κ1) is 16.0. The number of nitrogens with zero attached hydrogens (tertiary/aromatic N) is 1. The highest BCUT2D eigenvalue weighted by Gasteiger charge is 2.34. The van der Waals surface area contributed by atoms with Gasteiger partial charge >= 0.3 is 5.97 Å². The summed E-state index contributed by atoms with van der Waals surface area (Å²) in [4.78, 5) is 24.4. The lowest BCUT2D eigenvalue weighted by atomic mass is 10.1. The first-order valence-corrected chi connectivity index (χ1v) is 7.19. The lowest BCUT2D eigenvalue weighted by molar-refractivity contribution is -0.132. The molecule has 2 heterocycles. The number of carbonyl (C=O) groups is 2. The van der Waals surface area contributed by atoms with Crippen molar-refractivity contribution in [3.63, 3.8) is 0 Å². The van der Waals surface area contributed by atoms with E-state index in [1.54, 1.807) is 0 Å². The molecule has 0 radical (unpaired) electrons. The fourth-order valence-corrected chi connectivity index (χ4v) is 2.53. The lowest BCUT2D eigenvalue weighted by Gasteiger charge is -2.13. The number of rotatable bonds is 3. The van der Waals surface area contributed by atoms with Crippen molar-refractivity contribution in [1.82, 2.24) is 0 Å². The molecule has 0 saturated carbocycles. The Labute approximate surface area is 135 Å². The van der Waals surface area contributed by atoms with Crippen molar-refractivity contribution in [2.75, 3.05) is 11.4 Å². The Hall–Kier alpha value is -2.90. The molecule has 8 heteroatoms. The van der Waals surface area contributed by atoms with E-state index in [0.717, 1.165) is 13.0 Å². The number of anilines is 1. The lowest BCUT2D eigenvalue weighted by Crippen LogP contribution is -2.24. The van der Waals surface area contributed by atoms with E-state index < -0.39 is 34.9 Å². The van der Waals surface area contributed by atoms with E-state index in [0.29, 0.717) is 13.0 Å². The summed E-state index contributed by atoms with van der Waals surface area (Å²) in [6, 6.07) is 3.35. The summed E-state index contributed by atoms with van der Waals surface area (Å²) in [6.07, 6.45) is 0.827. The summed E-state index contributed by atoms with van der Waals surface area (Å²) < 4.78 is 37.7. The standard InChI is InChI=1S/C16H13F2NO5/c1-8(20)23-15-13(22)14(9-4-2-5-10(17)12(9)18)24-16(15)19-7-3-6-11(19)21/h2,4-5,22H,3,6-7H2,1H3. The fraction of sp³-hybridized carbons (Fsp3) is 0.250. The fourth-order valence-electron chi connectivity index (χ4n) is 2.53. The zero-order valence-electron chi connectivity index (χ0n) is 12.6. The number of esters is 1. The second-order valence-corrected chi connectivity index (χ2v) is 5.26. The van der Waals surface area contributed by atoms with Crippen LogP contribution in [0.2, 0.25) is 0 Å². The van der Waals surface area contributed by atoms with Crippen molar-refractivity contribution in [3.8, 4) is 22.8 Å². The number of ether oxygens (including phenoxy) is 1. The molecule has 24 heavy (non-hydrogen) atoms. The average Bonchev–Trinajstić information content (AvgIpc) is 3.07. The molecule has 1 aliphatic heterocycles. The quantitative estimate of drug-likeness (QED) is 0.871. The average molecular weight is 337 g/mol. The van der Waals surface area contributed by atoms with Crippen LogP contribution in [0, 0.1) is 11.6 Å². The molecule has 1 aromatic heterocycles. The maximum atomic E-state index is 14.0. The van der Waals surface area contributed by atoms with Gasteiger partial charge in [-0.25, -0.2) is 8.78 Å². The predicted octanol–water partition coefficient (Wildman–Crippen LogP) is 2.98. The molecule has 0 unspecified atom stereocenters. The van der Waals surface area contributed by atoms with Crippen LogP contribution < -0.4 is 9.64 Å². The minimum Gasteiger partial charge on any atom is -0.502 e. The predicted molar refractivity (Wildman–Crippen MR) is 78.6 cm³/mol. The van der Waals surface area contributed by atoms with Crippen LogP contribution in [-0.2, 0) is 9.59 Å². The number of furan rings is 1. The molecule has 1 N–H and O–H groups in total. The van der Waals surface area contributed by atoms with Gasteiger partial charge < -0.3 is 14.3 Å². The number of carbonyl (C=O) groups excluding carboxylic acids is 2. The number of halogens is 2. The van der Waals surface area contributed by atoms with Gasteiger partial charge in [-0.1, -0.05) is 6.07 Å². The van der Waals surface area contributed by atoms with E-state index in [9.17, 15) is 23.5 Å². The van der Waals surface area contributed by atoms with Crippen molar-refractivity contribution in [3.05, 3.63) is 29.8 Å². The highest BCUT2D eigenvalue weighted by atomic mass is 19.2. The molecule has 0 atom stereocenters. The Balaban J connectivity index is 2.18. The summed E-state index contributed by atoms with van der Waals surface area (Å²) in [5.41, 5.74) is -0.348. The summed E-state index contributed by atoms with van der Waals surface area (Å²) in [7, 11) is 0. The van der Waals surface area contributed by atoms with E-state index in [-0.39, 0.29) is 23.8 Å². The molecule has 1 aromatic carbocycles. The van der Waals surface area contributed by atoms with E-state index in [1.807, 2.05) is 0 Å². The van der Waals surface area contributed by atoms with Gasteiger partial charge in [-0.05, 0) is 18.6 Å². The van der Waals surface area contributed by atoms with Crippen LogP contribution in [0.3, 0.4) is 0 Å². The maximum Gasteiger partial charge on any atom is 0.308 e. The van der Waals surface area contributed by atoms with Crippen molar-refractivity contribution in [2.24, 2.45) is 0 Å². The normalized spacial score (nSPS) is 14.3. The minimum absolute atomic E-state index is 0.205. The summed E-state index contributed by atoms with van der Waals surface area (Å²) in [5, 5.41) is 10.3. The summed E-state index contributed by atoms with van der Waals surface area (Å²) >= 11 is 0. The van der Waals surface area contributed by atoms with Gasteiger partial charge in [0.15, 0.2) is 17.4 Å². The third kappa shape index (κ3) is 2.60.